The lowest BCUT2D eigenvalue weighted by Crippen LogP contribution is -2.21. The quantitative estimate of drug-likeness (QED) is 0.618. The van der Waals surface area contributed by atoms with E-state index in [9.17, 15) is 0 Å². The first-order valence-electron chi connectivity index (χ1n) is 7.46. The molecule has 1 heteroatoms. The molecule has 0 bridgehead atoms. The minimum Gasteiger partial charge on any atom is -0.378 e. The minimum atomic E-state index is 0.381. The van der Waals surface area contributed by atoms with Crippen LogP contribution < -0.4 is 5.32 Å². The van der Waals surface area contributed by atoms with Crippen molar-refractivity contribution in [1.82, 2.24) is 0 Å². The number of fused-ring (bicyclic) bond motifs is 6. The molecule has 1 aliphatic heterocycles. The summed E-state index contributed by atoms with van der Waals surface area (Å²) in [6.07, 6.45) is 4.55. The zero-order valence-corrected chi connectivity index (χ0v) is 11.6. The van der Waals surface area contributed by atoms with Crippen LogP contribution in [0, 0.1) is 0 Å². The van der Waals surface area contributed by atoms with Gasteiger partial charge in [0.1, 0.15) is 0 Å². The highest BCUT2D eigenvalue weighted by molar-refractivity contribution is 5.89. The Morgan fingerprint density at radius 1 is 0.762 bits per heavy atom. The van der Waals surface area contributed by atoms with Gasteiger partial charge in [-0.25, -0.2) is 0 Å². The number of anilines is 1. The summed E-state index contributed by atoms with van der Waals surface area (Å²) in [7, 11) is 0. The molecule has 0 amide bonds. The maximum absolute atomic E-state index is 3.68. The van der Waals surface area contributed by atoms with Crippen LogP contribution in [0.5, 0.6) is 0 Å². The van der Waals surface area contributed by atoms with E-state index in [0.29, 0.717) is 12.0 Å². The summed E-state index contributed by atoms with van der Waals surface area (Å²) >= 11 is 0. The molecular weight excluding hydrogens is 254 g/mol. The molecule has 2 aliphatic rings. The smallest absolute Gasteiger partial charge is 0.0558 e. The van der Waals surface area contributed by atoms with Gasteiger partial charge in [0.2, 0.25) is 0 Å². The Hall–Kier alpha value is -2.54. The van der Waals surface area contributed by atoms with Crippen molar-refractivity contribution >= 4 is 22.5 Å². The fourth-order valence-corrected chi connectivity index (χ4v) is 3.77. The highest BCUT2D eigenvalue weighted by Gasteiger charge is 2.34. The van der Waals surface area contributed by atoms with E-state index < -0.39 is 0 Å². The average Bonchev–Trinajstić information content (AvgIpc) is 2.90. The van der Waals surface area contributed by atoms with E-state index in [2.05, 4.69) is 78.1 Å². The van der Waals surface area contributed by atoms with Gasteiger partial charge in [-0.15, -0.1) is 0 Å². The van der Waals surface area contributed by atoms with E-state index >= 15 is 0 Å². The van der Waals surface area contributed by atoms with Crippen molar-refractivity contribution in [3.63, 3.8) is 0 Å². The summed E-state index contributed by atoms with van der Waals surface area (Å²) in [6, 6.07) is 22.4. The van der Waals surface area contributed by atoms with Gasteiger partial charge in [0, 0.05) is 11.6 Å². The molecule has 0 saturated heterocycles. The molecule has 0 radical (unpaired) electrons. The molecule has 3 aromatic rings. The van der Waals surface area contributed by atoms with E-state index in [0.717, 1.165) is 0 Å². The summed E-state index contributed by atoms with van der Waals surface area (Å²) in [5.74, 6) is 0.436. The predicted molar refractivity (Wildman–Crippen MR) is 88.7 cm³/mol. The van der Waals surface area contributed by atoms with E-state index in [4.69, 9.17) is 0 Å². The zero-order chi connectivity index (χ0) is 13.8. The van der Waals surface area contributed by atoms with Gasteiger partial charge in [0.05, 0.1) is 6.04 Å². The molecule has 100 valence electrons. The fraction of sp³-hybridized carbons (Fsp3) is 0.100. The largest absolute Gasteiger partial charge is 0.378 e. The maximum atomic E-state index is 3.68. The summed E-state index contributed by atoms with van der Waals surface area (Å²) < 4.78 is 0. The summed E-state index contributed by atoms with van der Waals surface area (Å²) in [4.78, 5) is 0. The van der Waals surface area contributed by atoms with Crippen LogP contribution in [0.2, 0.25) is 0 Å². The second-order valence-electron chi connectivity index (χ2n) is 5.92. The number of rotatable bonds is 0. The van der Waals surface area contributed by atoms with Gasteiger partial charge in [-0.1, -0.05) is 60.7 Å². The van der Waals surface area contributed by atoms with Gasteiger partial charge in [0.25, 0.3) is 0 Å². The molecule has 0 aromatic heterocycles. The molecular formula is C20H15N. The molecule has 1 nitrogen and oxygen atoms in total. The number of benzene rings is 3. The Morgan fingerprint density at radius 2 is 1.52 bits per heavy atom. The van der Waals surface area contributed by atoms with E-state index in [1.807, 2.05) is 0 Å². The van der Waals surface area contributed by atoms with Gasteiger partial charge >= 0.3 is 0 Å². The van der Waals surface area contributed by atoms with Crippen molar-refractivity contribution in [3.8, 4) is 0 Å². The lowest BCUT2D eigenvalue weighted by Gasteiger charge is -2.24. The molecule has 3 aromatic carbocycles. The third kappa shape index (κ3) is 1.52. The van der Waals surface area contributed by atoms with Crippen molar-refractivity contribution in [3.05, 3.63) is 83.4 Å². The molecule has 1 aliphatic carbocycles. The van der Waals surface area contributed by atoms with Crippen LogP contribution in [0.3, 0.4) is 0 Å². The van der Waals surface area contributed by atoms with Crippen molar-refractivity contribution in [2.45, 2.75) is 12.0 Å². The van der Waals surface area contributed by atoms with Crippen LogP contribution in [-0.4, -0.2) is 6.04 Å². The molecule has 5 rings (SSSR count). The standard InChI is InChI=1S/C20H15N/c1-2-7-15-12-19-17(11-14(15)6-1)20-16-8-4-3-5-13(16)9-10-18(20)21-19/h1-12,18,20-21H. The first-order valence-corrected chi connectivity index (χ1v) is 7.46. The summed E-state index contributed by atoms with van der Waals surface area (Å²) in [5, 5.41) is 6.31. The SMILES string of the molecule is C1=CC2Nc3cc4ccccc4cc3C2c2ccccc21. The summed E-state index contributed by atoms with van der Waals surface area (Å²) in [5.41, 5.74) is 5.49. The van der Waals surface area contributed by atoms with Crippen molar-refractivity contribution in [2.75, 3.05) is 5.32 Å². The van der Waals surface area contributed by atoms with Gasteiger partial charge in [-0.3, -0.25) is 0 Å². The van der Waals surface area contributed by atoms with Crippen molar-refractivity contribution in [1.29, 1.82) is 0 Å². The molecule has 1 heterocycles. The lowest BCUT2D eigenvalue weighted by molar-refractivity contribution is 0.778. The first kappa shape index (κ1) is 11.2. The van der Waals surface area contributed by atoms with Crippen LogP contribution in [0.25, 0.3) is 16.8 Å². The second-order valence-corrected chi connectivity index (χ2v) is 5.92. The molecule has 0 spiro atoms. The number of hydrogen-bond acceptors (Lipinski definition) is 1. The van der Waals surface area contributed by atoms with Gasteiger partial charge < -0.3 is 5.32 Å². The van der Waals surface area contributed by atoms with Crippen LogP contribution in [0.1, 0.15) is 22.6 Å². The van der Waals surface area contributed by atoms with E-state index in [1.165, 1.54) is 33.2 Å². The number of nitrogens with one attached hydrogen (secondary N) is 1. The number of hydrogen-bond donors (Lipinski definition) is 1. The minimum absolute atomic E-state index is 0.381. The van der Waals surface area contributed by atoms with Crippen LogP contribution >= 0.6 is 0 Å². The molecule has 2 atom stereocenters. The molecule has 1 N–H and O–H groups in total. The Kier molecular flexibility index (Phi) is 2.12. The molecule has 0 fully saturated rings. The Balaban J connectivity index is 1.78. The zero-order valence-electron chi connectivity index (χ0n) is 11.6. The third-order valence-electron chi connectivity index (χ3n) is 4.75. The highest BCUT2D eigenvalue weighted by atomic mass is 15.0. The van der Waals surface area contributed by atoms with Crippen LogP contribution in [0.15, 0.2) is 66.7 Å². The van der Waals surface area contributed by atoms with Gasteiger partial charge in [0.15, 0.2) is 0 Å². The fourth-order valence-electron chi connectivity index (χ4n) is 3.77. The maximum Gasteiger partial charge on any atom is 0.0558 e. The lowest BCUT2D eigenvalue weighted by atomic mass is 9.81. The predicted octanol–water partition coefficient (Wildman–Crippen LogP) is 4.79. The van der Waals surface area contributed by atoms with Crippen molar-refractivity contribution < 1.29 is 0 Å². The molecule has 21 heavy (non-hydrogen) atoms. The Labute approximate surface area is 123 Å². The van der Waals surface area contributed by atoms with Crippen molar-refractivity contribution in [2.24, 2.45) is 0 Å². The van der Waals surface area contributed by atoms with Crippen LogP contribution in [-0.2, 0) is 0 Å². The highest BCUT2D eigenvalue weighted by Crippen LogP contribution is 2.45. The third-order valence-corrected chi connectivity index (χ3v) is 4.75. The van der Waals surface area contributed by atoms with E-state index in [-0.39, 0.29) is 0 Å². The van der Waals surface area contributed by atoms with E-state index in [1.54, 1.807) is 0 Å². The second kappa shape index (κ2) is 3.98. The Morgan fingerprint density at radius 3 is 2.43 bits per heavy atom. The van der Waals surface area contributed by atoms with Gasteiger partial charge in [-0.05, 0) is 39.6 Å². The first-order chi connectivity index (χ1) is 10.4. The summed E-state index contributed by atoms with van der Waals surface area (Å²) in [6.45, 7) is 0. The molecule has 0 saturated carbocycles. The average molecular weight is 269 g/mol. The normalized spacial score (nSPS) is 21.5. The van der Waals surface area contributed by atoms with Gasteiger partial charge in [-0.2, -0.15) is 0 Å². The topological polar surface area (TPSA) is 12.0 Å². The monoisotopic (exact) mass is 269 g/mol. The van der Waals surface area contributed by atoms with Crippen LogP contribution in [0.4, 0.5) is 5.69 Å². The Bertz CT molecular complexity index is 891. The molecule has 2 unspecified atom stereocenters.